The lowest BCUT2D eigenvalue weighted by Crippen LogP contribution is -2.29. The van der Waals surface area contributed by atoms with E-state index in [1.165, 1.54) is 0 Å². The van der Waals surface area contributed by atoms with Gasteiger partial charge < -0.3 is 4.90 Å². The van der Waals surface area contributed by atoms with Crippen molar-refractivity contribution in [2.45, 2.75) is 33.1 Å². The Morgan fingerprint density at radius 1 is 1.59 bits per heavy atom. The fourth-order valence-corrected chi connectivity index (χ4v) is 2.23. The Balaban J connectivity index is 1.81. The Morgan fingerprint density at radius 2 is 2.41 bits per heavy atom. The number of rotatable bonds is 4. The molecule has 0 spiro atoms. The first-order valence-corrected chi connectivity index (χ1v) is 6.15. The molecule has 1 aliphatic heterocycles. The van der Waals surface area contributed by atoms with E-state index in [1.807, 2.05) is 4.90 Å². The van der Waals surface area contributed by atoms with E-state index < -0.39 is 0 Å². The standard InChI is InChI=1S/C11H19N5O/c1-8(2)5-11(17)16-4-3-9(7-16)6-10-12-14-15-13-10/h8-9H,3-7H2,1-2H3,(H,12,13,14,15). The van der Waals surface area contributed by atoms with Crippen molar-refractivity contribution in [1.29, 1.82) is 0 Å². The molecule has 1 saturated heterocycles. The third-order valence-electron chi connectivity index (χ3n) is 3.08. The summed E-state index contributed by atoms with van der Waals surface area (Å²) in [5.74, 6) is 1.92. The van der Waals surface area contributed by atoms with Crippen molar-refractivity contribution in [3.8, 4) is 0 Å². The summed E-state index contributed by atoms with van der Waals surface area (Å²) in [6.45, 7) is 5.85. The lowest BCUT2D eigenvalue weighted by molar-refractivity contribution is -0.131. The van der Waals surface area contributed by atoms with Gasteiger partial charge in [-0.1, -0.05) is 19.1 Å². The Labute approximate surface area is 101 Å². The maximum absolute atomic E-state index is 11.9. The predicted molar refractivity (Wildman–Crippen MR) is 62.0 cm³/mol. The highest BCUT2D eigenvalue weighted by molar-refractivity contribution is 5.76. The highest BCUT2D eigenvalue weighted by Crippen LogP contribution is 2.20. The van der Waals surface area contributed by atoms with Gasteiger partial charge in [0.25, 0.3) is 0 Å². The molecule has 6 heteroatoms. The van der Waals surface area contributed by atoms with Crippen LogP contribution in [0.1, 0.15) is 32.5 Å². The van der Waals surface area contributed by atoms with Gasteiger partial charge in [-0.2, -0.15) is 5.21 Å². The molecule has 2 rings (SSSR count). The molecular weight excluding hydrogens is 218 g/mol. The van der Waals surface area contributed by atoms with Gasteiger partial charge >= 0.3 is 0 Å². The average Bonchev–Trinajstić information content (AvgIpc) is 2.88. The van der Waals surface area contributed by atoms with Crippen LogP contribution in [0.3, 0.4) is 0 Å². The van der Waals surface area contributed by atoms with Crippen LogP contribution in [-0.2, 0) is 11.2 Å². The summed E-state index contributed by atoms with van der Waals surface area (Å²) in [4.78, 5) is 13.8. The summed E-state index contributed by atoms with van der Waals surface area (Å²) in [5, 5.41) is 13.9. The number of nitrogens with one attached hydrogen (secondary N) is 1. The zero-order valence-corrected chi connectivity index (χ0v) is 10.4. The number of hydrogen-bond acceptors (Lipinski definition) is 4. The zero-order valence-electron chi connectivity index (χ0n) is 10.4. The number of aromatic nitrogens is 4. The number of amides is 1. The minimum absolute atomic E-state index is 0.274. The third-order valence-corrected chi connectivity index (χ3v) is 3.08. The van der Waals surface area contributed by atoms with Crippen molar-refractivity contribution < 1.29 is 4.79 Å². The molecule has 17 heavy (non-hydrogen) atoms. The van der Waals surface area contributed by atoms with E-state index in [4.69, 9.17) is 0 Å². The first kappa shape index (κ1) is 12.0. The monoisotopic (exact) mass is 237 g/mol. The highest BCUT2D eigenvalue weighted by Gasteiger charge is 2.27. The summed E-state index contributed by atoms with van der Waals surface area (Å²) < 4.78 is 0. The van der Waals surface area contributed by atoms with Crippen LogP contribution < -0.4 is 0 Å². The molecule has 0 saturated carbocycles. The van der Waals surface area contributed by atoms with E-state index >= 15 is 0 Å². The number of carbonyl (C=O) groups excluding carboxylic acids is 1. The lowest BCUT2D eigenvalue weighted by atomic mass is 10.1. The first-order valence-electron chi connectivity index (χ1n) is 6.15. The number of hydrogen-bond donors (Lipinski definition) is 1. The molecule has 0 radical (unpaired) electrons. The molecule has 1 aromatic heterocycles. The van der Waals surface area contributed by atoms with E-state index in [0.717, 1.165) is 31.8 Å². The SMILES string of the molecule is CC(C)CC(=O)N1CCC(Cc2nn[nH]n2)C1. The van der Waals surface area contributed by atoms with E-state index in [0.29, 0.717) is 18.3 Å². The highest BCUT2D eigenvalue weighted by atomic mass is 16.2. The van der Waals surface area contributed by atoms with Crippen molar-refractivity contribution in [1.82, 2.24) is 25.5 Å². The summed E-state index contributed by atoms with van der Waals surface area (Å²) in [7, 11) is 0. The second kappa shape index (κ2) is 5.25. The summed E-state index contributed by atoms with van der Waals surface area (Å²) in [6, 6.07) is 0. The maximum atomic E-state index is 11.9. The van der Waals surface area contributed by atoms with Gasteiger partial charge in [0, 0.05) is 25.9 Å². The minimum Gasteiger partial charge on any atom is -0.342 e. The Hall–Kier alpha value is -1.46. The first-order chi connectivity index (χ1) is 8.15. The second-order valence-corrected chi connectivity index (χ2v) is 5.12. The van der Waals surface area contributed by atoms with Gasteiger partial charge in [0.05, 0.1) is 0 Å². The number of H-pyrrole nitrogens is 1. The van der Waals surface area contributed by atoms with Gasteiger partial charge in [-0.3, -0.25) is 4.79 Å². The topological polar surface area (TPSA) is 74.8 Å². The van der Waals surface area contributed by atoms with Gasteiger partial charge in [-0.15, -0.1) is 10.2 Å². The van der Waals surface area contributed by atoms with Crippen LogP contribution in [-0.4, -0.2) is 44.5 Å². The quantitative estimate of drug-likeness (QED) is 0.833. The molecule has 1 amide bonds. The second-order valence-electron chi connectivity index (χ2n) is 5.12. The predicted octanol–water partition coefficient (Wildman–Crippen LogP) is 0.637. The normalized spacial score (nSPS) is 20.2. The molecule has 2 heterocycles. The molecule has 0 aromatic carbocycles. The van der Waals surface area contributed by atoms with E-state index in [-0.39, 0.29) is 5.91 Å². The summed E-state index contributed by atoms with van der Waals surface area (Å²) in [5.41, 5.74) is 0. The number of likely N-dealkylation sites (tertiary alicyclic amines) is 1. The largest absolute Gasteiger partial charge is 0.342 e. The molecule has 1 atom stereocenters. The molecule has 6 nitrogen and oxygen atoms in total. The van der Waals surface area contributed by atoms with Crippen molar-refractivity contribution in [3.63, 3.8) is 0 Å². The number of carbonyl (C=O) groups is 1. The van der Waals surface area contributed by atoms with Crippen LogP contribution >= 0.6 is 0 Å². The summed E-state index contributed by atoms with van der Waals surface area (Å²) in [6.07, 6.45) is 2.50. The number of aromatic amines is 1. The molecule has 1 aromatic rings. The fraction of sp³-hybridized carbons (Fsp3) is 0.818. The van der Waals surface area contributed by atoms with E-state index in [2.05, 4.69) is 34.5 Å². The smallest absolute Gasteiger partial charge is 0.222 e. The van der Waals surface area contributed by atoms with Crippen molar-refractivity contribution in [2.24, 2.45) is 11.8 Å². The molecule has 0 bridgehead atoms. The molecular formula is C11H19N5O. The van der Waals surface area contributed by atoms with Gasteiger partial charge in [0.2, 0.25) is 5.91 Å². The molecule has 1 aliphatic rings. The van der Waals surface area contributed by atoms with Crippen LogP contribution in [0.2, 0.25) is 0 Å². The Morgan fingerprint density at radius 3 is 3.06 bits per heavy atom. The van der Waals surface area contributed by atoms with Crippen LogP contribution in [0.15, 0.2) is 0 Å². The van der Waals surface area contributed by atoms with Gasteiger partial charge in [-0.25, -0.2) is 0 Å². The molecule has 0 aliphatic carbocycles. The maximum Gasteiger partial charge on any atom is 0.222 e. The van der Waals surface area contributed by atoms with E-state index in [9.17, 15) is 4.79 Å². The van der Waals surface area contributed by atoms with Crippen molar-refractivity contribution >= 4 is 5.91 Å². The van der Waals surface area contributed by atoms with Crippen LogP contribution in [0, 0.1) is 11.8 Å². The fourth-order valence-electron chi connectivity index (χ4n) is 2.23. The van der Waals surface area contributed by atoms with Crippen LogP contribution in [0.4, 0.5) is 0 Å². The lowest BCUT2D eigenvalue weighted by Gasteiger charge is -2.17. The Kier molecular flexibility index (Phi) is 3.71. The molecule has 1 N–H and O–H groups in total. The average molecular weight is 237 g/mol. The van der Waals surface area contributed by atoms with Crippen molar-refractivity contribution in [3.05, 3.63) is 5.82 Å². The molecule has 94 valence electrons. The Bertz CT molecular complexity index is 362. The minimum atomic E-state index is 0.274. The summed E-state index contributed by atoms with van der Waals surface area (Å²) >= 11 is 0. The van der Waals surface area contributed by atoms with Crippen LogP contribution in [0.5, 0.6) is 0 Å². The van der Waals surface area contributed by atoms with Crippen LogP contribution in [0.25, 0.3) is 0 Å². The molecule has 1 fully saturated rings. The zero-order chi connectivity index (χ0) is 12.3. The van der Waals surface area contributed by atoms with Crippen molar-refractivity contribution in [2.75, 3.05) is 13.1 Å². The third kappa shape index (κ3) is 3.25. The number of nitrogens with zero attached hydrogens (tertiary/aromatic N) is 4. The van der Waals surface area contributed by atoms with E-state index in [1.54, 1.807) is 0 Å². The van der Waals surface area contributed by atoms with Gasteiger partial charge in [0.15, 0.2) is 5.82 Å². The molecule has 1 unspecified atom stereocenters. The number of tetrazole rings is 1. The van der Waals surface area contributed by atoms with Gasteiger partial charge in [-0.05, 0) is 18.3 Å². The van der Waals surface area contributed by atoms with Gasteiger partial charge in [0.1, 0.15) is 0 Å².